The van der Waals surface area contributed by atoms with Gasteiger partial charge in [-0.15, -0.1) is 0 Å². The molecule has 4 N–H and O–H groups in total. The van der Waals surface area contributed by atoms with Crippen molar-refractivity contribution in [1.29, 1.82) is 0 Å². The van der Waals surface area contributed by atoms with E-state index in [9.17, 15) is 30.7 Å². The first-order valence-corrected chi connectivity index (χ1v) is 6.57. The molecule has 136 valence electrons. The number of hydrogen-bond acceptors (Lipinski definition) is 2. The normalized spacial score (nSPS) is 13.1. The van der Waals surface area contributed by atoms with Gasteiger partial charge in [0.05, 0.1) is 11.4 Å². The number of alkyl halides is 6. The van der Waals surface area contributed by atoms with Crippen LogP contribution in [0.5, 0.6) is 0 Å². The molecular weight excluding hydrogens is 360 g/mol. The first kappa shape index (κ1) is 18.8. The molecule has 0 spiro atoms. The van der Waals surface area contributed by atoms with Crippen molar-refractivity contribution in [2.75, 3.05) is 11.5 Å². The molecule has 0 saturated carbocycles. The largest absolute Gasteiger partial charge is 0.457 e. The number of benzene rings is 2. The lowest BCUT2D eigenvalue weighted by molar-refractivity contribution is -0.323. The van der Waals surface area contributed by atoms with Gasteiger partial charge in [-0.25, -0.2) is 13.2 Å². The molecule has 0 saturated heterocycles. The summed E-state index contributed by atoms with van der Waals surface area (Å²) in [4.78, 5) is 0. The van der Waals surface area contributed by atoms with E-state index in [1.165, 1.54) is 0 Å². The summed E-state index contributed by atoms with van der Waals surface area (Å²) in [6.45, 7) is 0. The first-order valence-electron chi connectivity index (χ1n) is 6.57. The van der Waals surface area contributed by atoms with Crippen molar-refractivity contribution in [2.45, 2.75) is 17.8 Å². The Labute approximate surface area is 136 Å². The summed E-state index contributed by atoms with van der Waals surface area (Å²) in [6.07, 6.45) is -6.35. The molecular formula is C15H10F8N2. The summed E-state index contributed by atoms with van der Waals surface area (Å²) < 4.78 is 109. The van der Waals surface area contributed by atoms with Gasteiger partial charge in [0.2, 0.25) is 5.67 Å². The molecule has 0 radical (unpaired) electrons. The predicted molar refractivity (Wildman–Crippen MR) is 74.5 cm³/mol. The lowest BCUT2D eigenvalue weighted by Crippen LogP contribution is -2.53. The van der Waals surface area contributed by atoms with E-state index < -0.39 is 51.9 Å². The van der Waals surface area contributed by atoms with Crippen LogP contribution in [-0.4, -0.2) is 12.1 Å². The van der Waals surface area contributed by atoms with Gasteiger partial charge >= 0.3 is 12.1 Å². The van der Waals surface area contributed by atoms with Gasteiger partial charge in [-0.2, -0.15) is 22.0 Å². The number of anilines is 2. The number of rotatable bonds is 3. The summed E-state index contributed by atoms with van der Waals surface area (Å²) in [5.74, 6) is -8.83. The smallest absolute Gasteiger partial charge is 0.396 e. The summed E-state index contributed by atoms with van der Waals surface area (Å²) in [5, 5.41) is 0. The van der Waals surface area contributed by atoms with Crippen LogP contribution in [0, 0.1) is 11.6 Å². The SMILES string of the molecule is Nc1ccc(C(F)(c2ccc(N)c(F)c2)C(F)(F)C(F)(F)F)cc1F. The minimum Gasteiger partial charge on any atom is -0.396 e. The van der Waals surface area contributed by atoms with Crippen LogP contribution in [0.3, 0.4) is 0 Å². The number of nitrogen functional groups attached to an aromatic ring is 2. The van der Waals surface area contributed by atoms with E-state index in [2.05, 4.69) is 0 Å². The van der Waals surface area contributed by atoms with Crippen LogP contribution >= 0.6 is 0 Å². The fourth-order valence-electron chi connectivity index (χ4n) is 2.21. The third kappa shape index (κ3) is 2.85. The maximum absolute atomic E-state index is 15.3. The molecule has 0 aliphatic carbocycles. The Morgan fingerprint density at radius 2 is 1.00 bits per heavy atom. The van der Waals surface area contributed by atoms with Crippen LogP contribution in [0.15, 0.2) is 36.4 Å². The summed E-state index contributed by atoms with van der Waals surface area (Å²) >= 11 is 0. The summed E-state index contributed by atoms with van der Waals surface area (Å²) in [6, 6.07) is 2.38. The second-order valence-corrected chi connectivity index (χ2v) is 5.20. The molecule has 0 aromatic heterocycles. The summed E-state index contributed by atoms with van der Waals surface area (Å²) in [7, 11) is 0. The van der Waals surface area contributed by atoms with E-state index in [0.29, 0.717) is 24.3 Å². The quantitative estimate of drug-likeness (QED) is 0.616. The fourth-order valence-corrected chi connectivity index (χ4v) is 2.21. The van der Waals surface area contributed by atoms with Gasteiger partial charge in [0.1, 0.15) is 11.6 Å². The van der Waals surface area contributed by atoms with Crippen molar-refractivity contribution in [3.05, 3.63) is 59.2 Å². The Morgan fingerprint density at radius 3 is 1.28 bits per heavy atom. The Morgan fingerprint density at radius 1 is 0.640 bits per heavy atom. The van der Waals surface area contributed by atoms with Crippen molar-refractivity contribution in [1.82, 2.24) is 0 Å². The molecule has 0 aliphatic rings. The van der Waals surface area contributed by atoms with Crippen LogP contribution in [0.4, 0.5) is 46.5 Å². The molecule has 10 heteroatoms. The third-order valence-corrected chi connectivity index (χ3v) is 3.59. The van der Waals surface area contributed by atoms with Gasteiger partial charge in [0.25, 0.3) is 0 Å². The van der Waals surface area contributed by atoms with E-state index >= 15 is 4.39 Å². The highest BCUT2D eigenvalue weighted by atomic mass is 19.4. The Balaban J connectivity index is 2.83. The first-order chi connectivity index (χ1) is 11.3. The predicted octanol–water partition coefficient (Wildman–Crippen LogP) is 4.54. The molecule has 2 aromatic carbocycles. The summed E-state index contributed by atoms with van der Waals surface area (Å²) in [5.41, 5.74) is 1.68. The molecule has 0 fully saturated rings. The topological polar surface area (TPSA) is 52.0 Å². The highest BCUT2D eigenvalue weighted by Crippen LogP contribution is 2.54. The molecule has 2 nitrogen and oxygen atoms in total. The second-order valence-electron chi connectivity index (χ2n) is 5.20. The van der Waals surface area contributed by atoms with Crippen molar-refractivity contribution in [2.24, 2.45) is 0 Å². The maximum atomic E-state index is 15.3. The van der Waals surface area contributed by atoms with Crippen LogP contribution < -0.4 is 11.5 Å². The average molecular weight is 370 g/mol. The lowest BCUT2D eigenvalue weighted by atomic mass is 9.81. The van der Waals surface area contributed by atoms with E-state index in [1.54, 1.807) is 0 Å². The molecule has 25 heavy (non-hydrogen) atoms. The Kier molecular flexibility index (Phi) is 4.35. The highest BCUT2D eigenvalue weighted by molar-refractivity contribution is 5.50. The number of halogens is 8. The zero-order valence-corrected chi connectivity index (χ0v) is 12.1. The number of nitrogens with two attached hydrogens (primary N) is 2. The molecule has 0 heterocycles. The van der Waals surface area contributed by atoms with Crippen molar-refractivity contribution in [3.8, 4) is 0 Å². The highest BCUT2D eigenvalue weighted by Gasteiger charge is 2.72. The van der Waals surface area contributed by atoms with Crippen molar-refractivity contribution >= 4 is 11.4 Å². The van der Waals surface area contributed by atoms with E-state index in [4.69, 9.17) is 11.5 Å². The van der Waals surface area contributed by atoms with Crippen LogP contribution in [0.2, 0.25) is 0 Å². The van der Waals surface area contributed by atoms with Gasteiger partial charge in [-0.1, -0.05) is 12.1 Å². The van der Waals surface area contributed by atoms with Gasteiger partial charge in [0, 0.05) is 11.1 Å². The number of hydrogen-bond donors (Lipinski definition) is 2. The molecule has 0 atom stereocenters. The van der Waals surface area contributed by atoms with Crippen molar-refractivity contribution in [3.63, 3.8) is 0 Å². The molecule has 2 aromatic rings. The second kappa shape index (κ2) is 5.78. The average Bonchev–Trinajstić information content (AvgIpc) is 2.50. The molecule has 0 unspecified atom stereocenters. The van der Waals surface area contributed by atoms with E-state index in [1.807, 2.05) is 0 Å². The molecule has 0 amide bonds. The minimum atomic E-state index is -6.35. The lowest BCUT2D eigenvalue weighted by Gasteiger charge is -2.35. The monoisotopic (exact) mass is 370 g/mol. The van der Waals surface area contributed by atoms with Gasteiger partial charge in [-0.3, -0.25) is 0 Å². The van der Waals surface area contributed by atoms with E-state index in [0.717, 1.165) is 0 Å². The fraction of sp³-hybridized carbons (Fsp3) is 0.200. The van der Waals surface area contributed by atoms with Crippen LogP contribution in [-0.2, 0) is 5.67 Å². The van der Waals surface area contributed by atoms with Gasteiger partial charge in [-0.05, 0) is 24.3 Å². The Hall–Kier alpha value is -2.52. The Bertz CT molecular complexity index is 749. The zero-order valence-electron chi connectivity index (χ0n) is 12.1. The van der Waals surface area contributed by atoms with Crippen molar-refractivity contribution < 1.29 is 35.1 Å². The van der Waals surface area contributed by atoms with Crippen LogP contribution in [0.25, 0.3) is 0 Å². The molecule has 0 aliphatic heterocycles. The van der Waals surface area contributed by atoms with E-state index in [-0.39, 0.29) is 12.1 Å². The third-order valence-electron chi connectivity index (χ3n) is 3.59. The minimum absolute atomic E-state index is 0.100. The standard InChI is InChI=1S/C15H10F8N2/c16-9-5-7(1-3-11(9)24)13(18,14(19,20)15(21,22)23)8-2-4-12(25)10(17)6-8/h1-6H,24-25H2. The van der Waals surface area contributed by atoms with Crippen LogP contribution in [0.1, 0.15) is 11.1 Å². The molecule has 0 bridgehead atoms. The zero-order chi connectivity index (χ0) is 19.2. The van der Waals surface area contributed by atoms with Gasteiger partial charge < -0.3 is 11.5 Å². The van der Waals surface area contributed by atoms with Gasteiger partial charge in [0.15, 0.2) is 0 Å². The maximum Gasteiger partial charge on any atom is 0.457 e. The molecule has 2 rings (SSSR count).